The van der Waals surface area contributed by atoms with Crippen LogP contribution in [0.1, 0.15) is 34.7 Å². The lowest BCUT2D eigenvalue weighted by atomic mass is 9.99. The molecule has 0 bridgehead atoms. The monoisotopic (exact) mass is 267 g/mol. The van der Waals surface area contributed by atoms with Crippen LogP contribution in [0.25, 0.3) is 0 Å². The molecule has 1 aromatic heterocycles. The van der Waals surface area contributed by atoms with Crippen molar-refractivity contribution in [3.63, 3.8) is 0 Å². The summed E-state index contributed by atoms with van der Waals surface area (Å²) in [5.74, 6) is 0.845. The highest BCUT2D eigenvalue weighted by atomic mass is 16.5. The molecule has 1 atom stereocenters. The Kier molecular flexibility index (Phi) is 4.61. The molecule has 1 saturated heterocycles. The molecule has 1 fully saturated rings. The van der Waals surface area contributed by atoms with Gasteiger partial charge in [-0.3, -0.25) is 4.90 Å². The maximum atomic E-state index is 11.0. The lowest BCUT2D eigenvalue weighted by Crippen LogP contribution is -2.36. The summed E-state index contributed by atoms with van der Waals surface area (Å²) in [7, 11) is 1.73. The van der Waals surface area contributed by atoms with E-state index < -0.39 is 5.97 Å². The number of furan rings is 1. The van der Waals surface area contributed by atoms with Crippen molar-refractivity contribution in [1.82, 2.24) is 4.90 Å². The van der Waals surface area contributed by atoms with Crippen molar-refractivity contribution >= 4 is 5.97 Å². The number of rotatable bonds is 5. The number of carboxylic acids is 1. The molecule has 1 N–H and O–H groups in total. The molecule has 5 heteroatoms. The molecule has 1 unspecified atom stereocenters. The summed E-state index contributed by atoms with van der Waals surface area (Å²) in [6.07, 6.45) is 2.35. The van der Waals surface area contributed by atoms with Gasteiger partial charge >= 0.3 is 5.97 Å². The molecule has 2 rings (SSSR count). The van der Waals surface area contributed by atoms with Crippen molar-refractivity contribution < 1.29 is 19.1 Å². The molecule has 1 aromatic rings. The first-order valence-electron chi connectivity index (χ1n) is 6.64. The minimum atomic E-state index is -0.927. The molecule has 106 valence electrons. The molecule has 1 aliphatic rings. The first-order valence-corrected chi connectivity index (χ1v) is 6.64. The maximum absolute atomic E-state index is 11.0. The highest BCUT2D eigenvalue weighted by molar-refractivity contribution is 5.88. The van der Waals surface area contributed by atoms with Gasteiger partial charge in [0.15, 0.2) is 0 Å². The van der Waals surface area contributed by atoms with Crippen LogP contribution in [0.15, 0.2) is 10.5 Å². The Bertz CT molecular complexity index is 439. The van der Waals surface area contributed by atoms with E-state index in [1.165, 1.54) is 6.42 Å². The minimum Gasteiger partial charge on any atom is -0.478 e. The molecule has 0 aliphatic carbocycles. The number of hydrogen-bond donors (Lipinski definition) is 1. The first kappa shape index (κ1) is 14.1. The Morgan fingerprint density at radius 3 is 3.05 bits per heavy atom. The Morgan fingerprint density at radius 2 is 2.42 bits per heavy atom. The summed E-state index contributed by atoms with van der Waals surface area (Å²) in [5.41, 5.74) is 0.264. The van der Waals surface area contributed by atoms with Gasteiger partial charge in [0.2, 0.25) is 0 Å². The van der Waals surface area contributed by atoms with Gasteiger partial charge in [-0.1, -0.05) is 0 Å². The number of carboxylic acid groups (broad SMARTS) is 1. The fourth-order valence-electron chi connectivity index (χ4n) is 2.72. The van der Waals surface area contributed by atoms with Crippen molar-refractivity contribution in [3.8, 4) is 0 Å². The number of methoxy groups -OCH3 is 1. The van der Waals surface area contributed by atoms with Gasteiger partial charge in [0.05, 0.1) is 13.2 Å². The zero-order chi connectivity index (χ0) is 13.8. The smallest absolute Gasteiger partial charge is 0.339 e. The minimum absolute atomic E-state index is 0.264. The van der Waals surface area contributed by atoms with Gasteiger partial charge in [-0.15, -0.1) is 0 Å². The van der Waals surface area contributed by atoms with Gasteiger partial charge in [-0.2, -0.15) is 0 Å². The van der Waals surface area contributed by atoms with E-state index in [-0.39, 0.29) is 5.56 Å². The number of piperidine rings is 1. The average molecular weight is 267 g/mol. The standard InChI is InChI=1S/C14H21NO4/c1-10-13(14(16)17)6-12(19-10)8-15-5-3-4-11(7-15)9-18-2/h6,11H,3-5,7-9H2,1-2H3,(H,16,17). The van der Waals surface area contributed by atoms with Crippen LogP contribution >= 0.6 is 0 Å². The third kappa shape index (κ3) is 3.58. The van der Waals surface area contributed by atoms with Crippen molar-refractivity contribution in [2.75, 3.05) is 26.8 Å². The molecule has 2 heterocycles. The second-order valence-corrected chi connectivity index (χ2v) is 5.19. The van der Waals surface area contributed by atoms with E-state index in [4.69, 9.17) is 14.3 Å². The number of hydrogen-bond acceptors (Lipinski definition) is 4. The lowest BCUT2D eigenvalue weighted by molar-refractivity contribution is 0.0695. The van der Waals surface area contributed by atoms with Crippen molar-refractivity contribution in [3.05, 3.63) is 23.2 Å². The molecule has 0 saturated carbocycles. The van der Waals surface area contributed by atoms with E-state index >= 15 is 0 Å². The van der Waals surface area contributed by atoms with E-state index in [0.717, 1.165) is 31.9 Å². The molecule has 19 heavy (non-hydrogen) atoms. The SMILES string of the molecule is COCC1CCCN(Cc2cc(C(=O)O)c(C)o2)C1. The largest absolute Gasteiger partial charge is 0.478 e. The van der Waals surface area contributed by atoms with Gasteiger partial charge in [-0.25, -0.2) is 4.79 Å². The van der Waals surface area contributed by atoms with Gasteiger partial charge < -0.3 is 14.3 Å². The fraction of sp³-hybridized carbons (Fsp3) is 0.643. The third-order valence-corrected chi connectivity index (χ3v) is 3.58. The molecule has 5 nitrogen and oxygen atoms in total. The van der Waals surface area contributed by atoms with Gasteiger partial charge in [0.1, 0.15) is 17.1 Å². The molecule has 0 amide bonds. The summed E-state index contributed by atoms with van der Waals surface area (Å²) < 4.78 is 10.7. The Labute approximate surface area is 113 Å². The van der Waals surface area contributed by atoms with E-state index in [0.29, 0.717) is 18.2 Å². The quantitative estimate of drug-likeness (QED) is 0.885. The van der Waals surface area contributed by atoms with Crippen LogP contribution in [0, 0.1) is 12.8 Å². The summed E-state index contributed by atoms with van der Waals surface area (Å²) >= 11 is 0. The van der Waals surface area contributed by atoms with E-state index in [1.54, 1.807) is 20.1 Å². The fourth-order valence-corrected chi connectivity index (χ4v) is 2.72. The van der Waals surface area contributed by atoms with Crippen LogP contribution in [-0.4, -0.2) is 42.8 Å². The Balaban J connectivity index is 1.97. The summed E-state index contributed by atoms with van der Waals surface area (Å²) in [5, 5.41) is 9.01. The summed E-state index contributed by atoms with van der Waals surface area (Å²) in [4.78, 5) is 13.3. The molecular weight excluding hydrogens is 246 g/mol. The predicted molar refractivity (Wildman–Crippen MR) is 70.3 cm³/mol. The molecule has 0 aromatic carbocycles. The maximum Gasteiger partial charge on any atom is 0.339 e. The highest BCUT2D eigenvalue weighted by Crippen LogP contribution is 2.21. The lowest BCUT2D eigenvalue weighted by Gasteiger charge is -2.31. The van der Waals surface area contributed by atoms with Crippen molar-refractivity contribution in [2.45, 2.75) is 26.3 Å². The predicted octanol–water partition coefficient (Wildman–Crippen LogP) is 2.14. The number of aromatic carboxylic acids is 1. The van der Waals surface area contributed by atoms with Crippen LogP contribution in [0.2, 0.25) is 0 Å². The van der Waals surface area contributed by atoms with Gasteiger partial charge in [0, 0.05) is 13.7 Å². The van der Waals surface area contributed by atoms with Crippen LogP contribution < -0.4 is 0 Å². The first-order chi connectivity index (χ1) is 9.10. The zero-order valence-corrected chi connectivity index (χ0v) is 11.5. The topological polar surface area (TPSA) is 62.9 Å². The third-order valence-electron chi connectivity index (χ3n) is 3.58. The summed E-state index contributed by atoms with van der Waals surface area (Å²) in [6.45, 7) is 5.16. The number of ether oxygens (including phenoxy) is 1. The number of likely N-dealkylation sites (tertiary alicyclic amines) is 1. The Morgan fingerprint density at radius 1 is 1.63 bits per heavy atom. The Hall–Kier alpha value is -1.33. The van der Waals surface area contributed by atoms with Crippen LogP contribution in [0.4, 0.5) is 0 Å². The second kappa shape index (κ2) is 6.21. The van der Waals surface area contributed by atoms with Crippen LogP contribution in [0.5, 0.6) is 0 Å². The van der Waals surface area contributed by atoms with Crippen LogP contribution in [0.3, 0.4) is 0 Å². The van der Waals surface area contributed by atoms with E-state index in [2.05, 4.69) is 4.90 Å². The molecule has 0 radical (unpaired) electrons. The number of carbonyl (C=O) groups is 1. The van der Waals surface area contributed by atoms with Crippen LogP contribution in [-0.2, 0) is 11.3 Å². The van der Waals surface area contributed by atoms with E-state index in [9.17, 15) is 4.79 Å². The number of aryl methyl sites for hydroxylation is 1. The highest BCUT2D eigenvalue weighted by Gasteiger charge is 2.22. The average Bonchev–Trinajstić information content (AvgIpc) is 2.71. The van der Waals surface area contributed by atoms with Gasteiger partial charge in [-0.05, 0) is 38.3 Å². The van der Waals surface area contributed by atoms with Gasteiger partial charge in [0.25, 0.3) is 0 Å². The van der Waals surface area contributed by atoms with Crippen molar-refractivity contribution in [1.29, 1.82) is 0 Å². The molecular formula is C14H21NO4. The summed E-state index contributed by atoms with van der Waals surface area (Å²) in [6, 6.07) is 1.64. The molecule has 1 aliphatic heterocycles. The van der Waals surface area contributed by atoms with E-state index in [1.807, 2.05) is 0 Å². The second-order valence-electron chi connectivity index (χ2n) is 5.19. The zero-order valence-electron chi connectivity index (χ0n) is 11.5. The normalized spacial score (nSPS) is 20.6. The number of nitrogens with zero attached hydrogens (tertiary/aromatic N) is 1. The van der Waals surface area contributed by atoms with Crippen molar-refractivity contribution in [2.24, 2.45) is 5.92 Å². The molecule has 0 spiro atoms.